The highest BCUT2D eigenvalue weighted by atomic mass is 19.4. The average Bonchev–Trinajstić information content (AvgIpc) is 2.73. The molecule has 3 amide bonds. The van der Waals surface area contributed by atoms with E-state index in [1.807, 2.05) is 0 Å². The molecule has 0 saturated carbocycles. The fraction of sp³-hybridized carbons (Fsp3) is 0.200. The molecule has 0 fully saturated rings. The molecule has 156 valence electrons. The number of aromatic nitrogens is 2. The van der Waals surface area contributed by atoms with E-state index in [1.165, 1.54) is 24.2 Å². The summed E-state index contributed by atoms with van der Waals surface area (Å²) in [5.74, 6) is 0. The molecule has 0 aliphatic heterocycles. The number of alkyl halides is 3. The van der Waals surface area contributed by atoms with Crippen molar-refractivity contribution in [3.05, 3.63) is 54.0 Å². The average molecular weight is 417 g/mol. The number of benzene rings is 1. The number of carbonyl (C=O) groups excluding carboxylic acids is 2. The second-order valence-corrected chi connectivity index (χ2v) is 6.44. The zero-order valence-electron chi connectivity index (χ0n) is 16.4. The summed E-state index contributed by atoms with van der Waals surface area (Å²) < 4.78 is 40.5. The Bertz CT molecular complexity index is 1120. The van der Waals surface area contributed by atoms with Crippen LogP contribution in [0.25, 0.3) is 10.9 Å². The lowest BCUT2D eigenvalue weighted by atomic mass is 10.1. The molecule has 0 atom stereocenters. The van der Waals surface area contributed by atoms with Crippen LogP contribution in [-0.2, 0) is 11.0 Å². The molecular formula is C20H18F3N5O2. The highest BCUT2D eigenvalue weighted by Crippen LogP contribution is 2.40. The molecule has 3 aromatic rings. The molecule has 0 saturated heterocycles. The Kier molecular flexibility index (Phi) is 5.59. The van der Waals surface area contributed by atoms with Crippen LogP contribution >= 0.6 is 0 Å². The topological polar surface area (TPSA) is 78.4 Å². The summed E-state index contributed by atoms with van der Waals surface area (Å²) in [6.45, 7) is 1.76. The smallest absolute Gasteiger partial charge is 0.341 e. The summed E-state index contributed by atoms with van der Waals surface area (Å²) in [5, 5.41) is 3.02. The SMILES string of the molecule is CNC(=O)N(C)c1c(C)cnc2c(N(C=O)c3cnccc3C(F)(F)F)cccc12. The predicted octanol–water partition coefficient (Wildman–Crippen LogP) is 4.03. The Hall–Kier alpha value is -3.69. The van der Waals surface area contributed by atoms with Crippen molar-refractivity contribution in [2.24, 2.45) is 0 Å². The predicted molar refractivity (Wildman–Crippen MR) is 107 cm³/mol. The maximum atomic E-state index is 13.5. The largest absolute Gasteiger partial charge is 0.418 e. The quantitative estimate of drug-likeness (QED) is 0.651. The number of hydrogen-bond donors (Lipinski definition) is 1. The molecule has 2 heterocycles. The van der Waals surface area contributed by atoms with Crippen molar-refractivity contribution in [1.29, 1.82) is 0 Å². The lowest BCUT2D eigenvalue weighted by Crippen LogP contribution is -2.35. The van der Waals surface area contributed by atoms with Gasteiger partial charge >= 0.3 is 12.2 Å². The van der Waals surface area contributed by atoms with Crippen LogP contribution < -0.4 is 15.1 Å². The molecule has 0 unspecified atom stereocenters. The van der Waals surface area contributed by atoms with Crippen molar-refractivity contribution >= 4 is 40.4 Å². The van der Waals surface area contributed by atoms with E-state index in [0.29, 0.717) is 16.6 Å². The Labute approximate surface area is 170 Å². The molecule has 10 heteroatoms. The summed E-state index contributed by atoms with van der Waals surface area (Å²) in [6, 6.07) is 5.18. The van der Waals surface area contributed by atoms with Gasteiger partial charge in [0.25, 0.3) is 0 Å². The first-order valence-corrected chi connectivity index (χ1v) is 8.80. The van der Waals surface area contributed by atoms with Crippen molar-refractivity contribution in [2.75, 3.05) is 23.9 Å². The van der Waals surface area contributed by atoms with Gasteiger partial charge in [-0.2, -0.15) is 13.2 Å². The normalized spacial score (nSPS) is 11.3. The number of nitrogens with zero attached hydrogens (tertiary/aromatic N) is 4. The molecule has 0 aliphatic rings. The summed E-state index contributed by atoms with van der Waals surface area (Å²) in [5.41, 5.74) is 0.174. The van der Waals surface area contributed by atoms with Crippen LogP contribution in [0.5, 0.6) is 0 Å². The minimum Gasteiger partial charge on any atom is -0.341 e. The summed E-state index contributed by atoms with van der Waals surface area (Å²) in [4.78, 5) is 34.4. The third-order valence-electron chi connectivity index (χ3n) is 4.61. The van der Waals surface area contributed by atoms with Crippen LogP contribution in [0.15, 0.2) is 42.9 Å². The highest BCUT2D eigenvalue weighted by molar-refractivity contribution is 6.08. The van der Waals surface area contributed by atoms with Crippen LogP contribution in [0.1, 0.15) is 11.1 Å². The Morgan fingerprint density at radius 3 is 2.53 bits per heavy atom. The molecule has 1 aromatic carbocycles. The number of anilines is 3. The van der Waals surface area contributed by atoms with Gasteiger partial charge in [-0.05, 0) is 24.6 Å². The maximum absolute atomic E-state index is 13.5. The number of rotatable bonds is 4. The fourth-order valence-electron chi connectivity index (χ4n) is 3.26. The van der Waals surface area contributed by atoms with Crippen molar-refractivity contribution < 1.29 is 22.8 Å². The van der Waals surface area contributed by atoms with Gasteiger partial charge in [-0.25, -0.2) is 4.79 Å². The van der Waals surface area contributed by atoms with Crippen LogP contribution in [0.3, 0.4) is 0 Å². The van der Waals surface area contributed by atoms with Gasteiger partial charge in [-0.3, -0.25) is 24.6 Å². The monoisotopic (exact) mass is 417 g/mol. The number of halogens is 3. The maximum Gasteiger partial charge on any atom is 0.418 e. The van der Waals surface area contributed by atoms with Crippen LogP contribution in [-0.4, -0.2) is 36.5 Å². The van der Waals surface area contributed by atoms with E-state index in [-0.39, 0.29) is 23.6 Å². The number of para-hydroxylation sites is 1. The number of pyridine rings is 2. The lowest BCUT2D eigenvalue weighted by molar-refractivity contribution is -0.137. The van der Waals surface area contributed by atoms with Crippen LogP contribution in [0, 0.1) is 6.92 Å². The van der Waals surface area contributed by atoms with E-state index in [1.54, 1.807) is 26.1 Å². The molecule has 2 aromatic heterocycles. The zero-order valence-corrected chi connectivity index (χ0v) is 16.4. The highest BCUT2D eigenvalue weighted by Gasteiger charge is 2.35. The Morgan fingerprint density at radius 2 is 1.90 bits per heavy atom. The Balaban J connectivity index is 2.27. The van der Waals surface area contributed by atoms with Gasteiger partial charge < -0.3 is 5.32 Å². The third kappa shape index (κ3) is 3.63. The summed E-state index contributed by atoms with van der Waals surface area (Å²) >= 11 is 0. The molecule has 0 radical (unpaired) electrons. The van der Waals surface area contributed by atoms with Gasteiger partial charge in [-0.1, -0.05) is 12.1 Å². The lowest BCUT2D eigenvalue weighted by Gasteiger charge is -2.25. The second-order valence-electron chi connectivity index (χ2n) is 6.44. The second kappa shape index (κ2) is 7.97. The summed E-state index contributed by atoms with van der Waals surface area (Å²) in [6.07, 6.45) is -0.917. The van der Waals surface area contributed by atoms with Gasteiger partial charge in [0, 0.05) is 31.9 Å². The fourth-order valence-corrected chi connectivity index (χ4v) is 3.26. The molecule has 0 aliphatic carbocycles. The number of carbonyl (C=O) groups is 2. The molecule has 3 rings (SSSR count). The molecular weight excluding hydrogens is 399 g/mol. The molecule has 30 heavy (non-hydrogen) atoms. The molecule has 7 nitrogen and oxygen atoms in total. The van der Waals surface area contributed by atoms with E-state index in [2.05, 4.69) is 15.3 Å². The van der Waals surface area contributed by atoms with Gasteiger partial charge in [0.1, 0.15) is 0 Å². The number of hydrogen-bond acceptors (Lipinski definition) is 4. The van der Waals surface area contributed by atoms with Crippen molar-refractivity contribution in [2.45, 2.75) is 13.1 Å². The minimum atomic E-state index is -4.68. The molecule has 0 spiro atoms. The first-order valence-electron chi connectivity index (χ1n) is 8.80. The van der Waals surface area contributed by atoms with Crippen molar-refractivity contribution in [1.82, 2.24) is 15.3 Å². The standard InChI is InChI=1S/C20H18F3N5O2/c1-12-9-26-17-13(18(12)27(3)19(30)24-2)5-4-6-15(17)28(11-29)16-10-25-8-7-14(16)20(21,22)23/h4-11H,1-3H3,(H,24,30). The first-order chi connectivity index (χ1) is 14.2. The third-order valence-corrected chi connectivity index (χ3v) is 4.61. The minimum absolute atomic E-state index is 0.132. The molecule has 0 bridgehead atoms. The zero-order chi connectivity index (χ0) is 22.1. The summed E-state index contributed by atoms with van der Waals surface area (Å²) in [7, 11) is 3.05. The van der Waals surface area contributed by atoms with Gasteiger partial charge in [0.15, 0.2) is 0 Å². The molecule has 1 N–H and O–H groups in total. The van der Waals surface area contributed by atoms with Gasteiger partial charge in [0.05, 0.1) is 34.3 Å². The number of aryl methyl sites for hydroxylation is 1. The van der Waals surface area contributed by atoms with Crippen molar-refractivity contribution in [3.63, 3.8) is 0 Å². The van der Waals surface area contributed by atoms with E-state index >= 15 is 0 Å². The van der Waals surface area contributed by atoms with E-state index < -0.39 is 17.4 Å². The number of amides is 3. The van der Waals surface area contributed by atoms with Crippen molar-refractivity contribution in [3.8, 4) is 0 Å². The van der Waals surface area contributed by atoms with Crippen LogP contribution in [0.2, 0.25) is 0 Å². The van der Waals surface area contributed by atoms with Gasteiger partial charge in [-0.15, -0.1) is 0 Å². The van der Waals surface area contributed by atoms with E-state index in [4.69, 9.17) is 0 Å². The van der Waals surface area contributed by atoms with E-state index in [9.17, 15) is 22.8 Å². The number of fused-ring (bicyclic) bond motifs is 1. The van der Waals surface area contributed by atoms with Crippen LogP contribution in [0.4, 0.5) is 35.0 Å². The Morgan fingerprint density at radius 1 is 1.17 bits per heavy atom. The number of nitrogens with one attached hydrogen (secondary N) is 1. The van der Waals surface area contributed by atoms with E-state index in [0.717, 1.165) is 23.4 Å². The van der Waals surface area contributed by atoms with Gasteiger partial charge in [0.2, 0.25) is 6.41 Å². The first kappa shape index (κ1) is 21.0. The number of urea groups is 1.